The molecule has 1 aromatic rings. The normalized spacial score (nSPS) is 18.3. The average molecular weight is 275 g/mol. The van der Waals surface area contributed by atoms with Gasteiger partial charge in [0.2, 0.25) is 5.91 Å². The Morgan fingerprint density at radius 2 is 1.79 bits per heavy atom. The molecule has 2 N–H and O–H groups in total. The number of amides is 1. The summed E-state index contributed by atoms with van der Waals surface area (Å²) >= 11 is 0. The molecule has 0 radical (unpaired) electrons. The van der Waals surface area contributed by atoms with E-state index in [0.29, 0.717) is 12.3 Å². The Labute approximate surface area is 107 Å². The number of carboxylic acid groups (broad SMARTS) is 1. The van der Waals surface area contributed by atoms with Crippen LogP contribution in [-0.2, 0) is 9.59 Å². The van der Waals surface area contributed by atoms with Crippen molar-refractivity contribution in [1.29, 1.82) is 0 Å². The minimum Gasteiger partial charge on any atom is -0.475 e. The predicted molar refractivity (Wildman–Crippen MR) is 60.5 cm³/mol. The molecule has 2 rings (SSSR count). The second-order valence-corrected chi connectivity index (χ2v) is 3.92. The molecule has 1 aliphatic rings. The standard InChI is InChI=1S/C10H11NO.C2HF3O2/c12-10-6-9(7-11-10)8-4-2-1-3-5-8;3-2(4,5)1(6)7/h1-5,9H,6-7H2,(H,11,12);(H,6,7). The van der Waals surface area contributed by atoms with Crippen molar-refractivity contribution in [2.24, 2.45) is 0 Å². The zero-order valence-corrected chi connectivity index (χ0v) is 9.78. The van der Waals surface area contributed by atoms with Gasteiger partial charge in [0.1, 0.15) is 0 Å². The number of benzene rings is 1. The second-order valence-electron chi connectivity index (χ2n) is 3.92. The molecule has 0 spiro atoms. The molecule has 0 bridgehead atoms. The van der Waals surface area contributed by atoms with Crippen molar-refractivity contribution in [2.45, 2.75) is 18.5 Å². The summed E-state index contributed by atoms with van der Waals surface area (Å²) in [7, 11) is 0. The highest BCUT2D eigenvalue weighted by molar-refractivity contribution is 5.79. The van der Waals surface area contributed by atoms with E-state index in [1.807, 2.05) is 18.2 Å². The molecular weight excluding hydrogens is 263 g/mol. The number of nitrogens with one attached hydrogen (secondary N) is 1. The molecule has 1 unspecified atom stereocenters. The molecule has 19 heavy (non-hydrogen) atoms. The molecular formula is C12H12F3NO3. The maximum absolute atomic E-state index is 10.9. The Kier molecular flexibility index (Phi) is 4.91. The number of alkyl halides is 3. The number of hydrogen-bond donors (Lipinski definition) is 2. The SMILES string of the molecule is O=C(O)C(F)(F)F.O=C1CC(c2ccccc2)CN1. The van der Waals surface area contributed by atoms with Crippen molar-refractivity contribution >= 4 is 11.9 Å². The third-order valence-electron chi connectivity index (χ3n) is 2.49. The fourth-order valence-corrected chi connectivity index (χ4v) is 1.57. The molecule has 1 heterocycles. The lowest BCUT2D eigenvalue weighted by Crippen LogP contribution is -2.21. The summed E-state index contributed by atoms with van der Waals surface area (Å²) in [5.41, 5.74) is 1.26. The molecule has 0 aliphatic carbocycles. The monoisotopic (exact) mass is 275 g/mol. The molecule has 104 valence electrons. The molecule has 7 heteroatoms. The van der Waals surface area contributed by atoms with Gasteiger partial charge in [-0.1, -0.05) is 30.3 Å². The molecule has 1 aliphatic heterocycles. The first-order chi connectivity index (χ1) is 8.80. The lowest BCUT2D eigenvalue weighted by Gasteiger charge is -2.05. The van der Waals surface area contributed by atoms with Crippen LogP contribution in [0.25, 0.3) is 0 Å². The molecule has 1 aromatic carbocycles. The fourth-order valence-electron chi connectivity index (χ4n) is 1.57. The van der Waals surface area contributed by atoms with E-state index in [4.69, 9.17) is 9.90 Å². The Hall–Kier alpha value is -2.05. The van der Waals surface area contributed by atoms with Crippen LogP contribution in [0.3, 0.4) is 0 Å². The zero-order valence-electron chi connectivity index (χ0n) is 9.78. The van der Waals surface area contributed by atoms with Gasteiger partial charge in [-0.3, -0.25) is 4.79 Å². The maximum atomic E-state index is 10.9. The number of carbonyl (C=O) groups excluding carboxylic acids is 1. The number of halogens is 3. The topological polar surface area (TPSA) is 66.4 Å². The van der Waals surface area contributed by atoms with Crippen molar-refractivity contribution in [3.05, 3.63) is 35.9 Å². The molecule has 1 amide bonds. The van der Waals surface area contributed by atoms with E-state index < -0.39 is 12.1 Å². The molecule has 0 saturated carbocycles. The van der Waals surface area contributed by atoms with Crippen molar-refractivity contribution in [1.82, 2.24) is 5.32 Å². The first-order valence-electron chi connectivity index (χ1n) is 5.42. The van der Waals surface area contributed by atoms with Crippen molar-refractivity contribution in [3.8, 4) is 0 Å². The summed E-state index contributed by atoms with van der Waals surface area (Å²) in [4.78, 5) is 19.8. The molecule has 1 fully saturated rings. The Balaban J connectivity index is 0.000000224. The minimum absolute atomic E-state index is 0.170. The van der Waals surface area contributed by atoms with E-state index in [9.17, 15) is 18.0 Å². The summed E-state index contributed by atoms with van der Waals surface area (Å²) in [5.74, 6) is -2.20. The van der Waals surface area contributed by atoms with Crippen LogP contribution in [0.4, 0.5) is 13.2 Å². The first kappa shape index (κ1) is 15.0. The Bertz CT molecular complexity index is 445. The molecule has 0 aromatic heterocycles. The van der Waals surface area contributed by atoms with Crippen LogP contribution in [0.15, 0.2) is 30.3 Å². The third-order valence-corrected chi connectivity index (χ3v) is 2.49. The highest BCUT2D eigenvalue weighted by atomic mass is 19.4. The Morgan fingerprint density at radius 3 is 2.16 bits per heavy atom. The predicted octanol–water partition coefficient (Wildman–Crippen LogP) is 1.92. The molecule has 1 atom stereocenters. The van der Waals surface area contributed by atoms with Crippen LogP contribution in [0, 0.1) is 0 Å². The van der Waals surface area contributed by atoms with Gasteiger partial charge < -0.3 is 10.4 Å². The van der Waals surface area contributed by atoms with E-state index in [0.717, 1.165) is 6.54 Å². The molecule has 4 nitrogen and oxygen atoms in total. The number of carbonyl (C=O) groups is 2. The largest absolute Gasteiger partial charge is 0.490 e. The maximum Gasteiger partial charge on any atom is 0.490 e. The van der Waals surface area contributed by atoms with Gasteiger partial charge in [-0.2, -0.15) is 13.2 Å². The van der Waals surface area contributed by atoms with Crippen LogP contribution in [0.5, 0.6) is 0 Å². The van der Waals surface area contributed by atoms with E-state index in [1.165, 1.54) is 5.56 Å². The third kappa shape index (κ3) is 4.99. The highest BCUT2D eigenvalue weighted by Gasteiger charge is 2.38. The van der Waals surface area contributed by atoms with Gasteiger partial charge in [-0.15, -0.1) is 0 Å². The number of aliphatic carboxylic acids is 1. The van der Waals surface area contributed by atoms with Crippen LogP contribution < -0.4 is 5.32 Å². The number of carboxylic acids is 1. The van der Waals surface area contributed by atoms with Gasteiger partial charge in [-0.05, 0) is 5.56 Å². The van der Waals surface area contributed by atoms with E-state index in [1.54, 1.807) is 0 Å². The summed E-state index contributed by atoms with van der Waals surface area (Å²) in [6, 6.07) is 10.2. The van der Waals surface area contributed by atoms with Crippen LogP contribution in [0.1, 0.15) is 17.9 Å². The highest BCUT2D eigenvalue weighted by Crippen LogP contribution is 2.21. The number of hydrogen-bond acceptors (Lipinski definition) is 2. The van der Waals surface area contributed by atoms with Crippen LogP contribution in [-0.4, -0.2) is 29.7 Å². The van der Waals surface area contributed by atoms with Crippen LogP contribution >= 0.6 is 0 Å². The number of rotatable bonds is 1. The van der Waals surface area contributed by atoms with Crippen molar-refractivity contribution in [2.75, 3.05) is 6.54 Å². The van der Waals surface area contributed by atoms with Crippen molar-refractivity contribution < 1.29 is 27.9 Å². The van der Waals surface area contributed by atoms with Crippen molar-refractivity contribution in [3.63, 3.8) is 0 Å². The van der Waals surface area contributed by atoms with Gasteiger partial charge >= 0.3 is 12.1 Å². The van der Waals surface area contributed by atoms with Gasteiger partial charge in [0.25, 0.3) is 0 Å². The van der Waals surface area contributed by atoms with Crippen LogP contribution in [0.2, 0.25) is 0 Å². The lowest BCUT2D eigenvalue weighted by molar-refractivity contribution is -0.192. The second kappa shape index (κ2) is 6.21. The summed E-state index contributed by atoms with van der Waals surface area (Å²) in [6.45, 7) is 0.794. The van der Waals surface area contributed by atoms with Gasteiger partial charge in [0, 0.05) is 18.9 Å². The van der Waals surface area contributed by atoms with E-state index >= 15 is 0 Å². The van der Waals surface area contributed by atoms with Gasteiger partial charge in [-0.25, -0.2) is 4.79 Å². The average Bonchev–Trinajstić information content (AvgIpc) is 2.77. The summed E-state index contributed by atoms with van der Waals surface area (Å²) < 4.78 is 31.7. The minimum atomic E-state index is -5.08. The van der Waals surface area contributed by atoms with Gasteiger partial charge in [0.05, 0.1) is 0 Å². The quantitative estimate of drug-likeness (QED) is 0.823. The first-order valence-corrected chi connectivity index (χ1v) is 5.42. The van der Waals surface area contributed by atoms with E-state index in [-0.39, 0.29) is 5.91 Å². The smallest absolute Gasteiger partial charge is 0.475 e. The summed E-state index contributed by atoms with van der Waals surface area (Å²) in [6.07, 6.45) is -4.44. The molecule has 1 saturated heterocycles. The van der Waals surface area contributed by atoms with E-state index in [2.05, 4.69) is 17.4 Å². The Morgan fingerprint density at radius 1 is 1.26 bits per heavy atom. The fraction of sp³-hybridized carbons (Fsp3) is 0.333. The zero-order chi connectivity index (χ0) is 14.5. The lowest BCUT2D eigenvalue weighted by atomic mass is 9.99. The summed E-state index contributed by atoms with van der Waals surface area (Å²) in [5, 5.41) is 9.95. The van der Waals surface area contributed by atoms with Gasteiger partial charge in [0.15, 0.2) is 0 Å².